The van der Waals surface area contributed by atoms with Crippen molar-refractivity contribution in [2.45, 2.75) is 51.8 Å². The van der Waals surface area contributed by atoms with Crippen molar-refractivity contribution in [2.75, 3.05) is 0 Å². The molecular formula is C17H21NO5. The number of hydrogen-bond acceptors (Lipinski definition) is 4. The van der Waals surface area contributed by atoms with Crippen LogP contribution in [0.5, 0.6) is 0 Å². The summed E-state index contributed by atoms with van der Waals surface area (Å²) < 4.78 is 5.35. The standard InChI is InChI=1S/C17H21NO5/c1-10-7-12-6-5-11(9-19)8-13(12)14(15(20)21)18(10)16(22)23-17(2,3)4/h5-6,8-10,14H,7H2,1-4H3,(H,20,21)/t10-,14?/m0/s1. The second-order valence-electron chi connectivity index (χ2n) is 6.76. The summed E-state index contributed by atoms with van der Waals surface area (Å²) in [7, 11) is 0. The lowest BCUT2D eigenvalue weighted by atomic mass is 9.88. The van der Waals surface area contributed by atoms with Gasteiger partial charge < -0.3 is 9.84 Å². The van der Waals surface area contributed by atoms with Crippen LogP contribution in [0.15, 0.2) is 18.2 Å². The Hall–Kier alpha value is -2.37. The Kier molecular flexibility index (Phi) is 4.45. The van der Waals surface area contributed by atoms with Gasteiger partial charge in [-0.05, 0) is 51.3 Å². The molecule has 0 fully saturated rings. The number of carbonyl (C=O) groups is 3. The summed E-state index contributed by atoms with van der Waals surface area (Å²) in [6.45, 7) is 6.98. The Balaban J connectivity index is 2.48. The normalized spacial score (nSPS) is 20.6. The van der Waals surface area contributed by atoms with Crippen LogP contribution in [0, 0.1) is 0 Å². The molecule has 0 saturated carbocycles. The molecule has 1 N–H and O–H groups in total. The van der Waals surface area contributed by atoms with Crippen molar-refractivity contribution in [1.82, 2.24) is 4.90 Å². The molecule has 23 heavy (non-hydrogen) atoms. The molecule has 124 valence electrons. The monoisotopic (exact) mass is 319 g/mol. The Morgan fingerprint density at radius 1 is 1.35 bits per heavy atom. The molecule has 1 aromatic rings. The lowest BCUT2D eigenvalue weighted by Crippen LogP contribution is -2.50. The Morgan fingerprint density at radius 3 is 2.52 bits per heavy atom. The zero-order valence-electron chi connectivity index (χ0n) is 13.7. The van der Waals surface area contributed by atoms with Crippen LogP contribution < -0.4 is 0 Å². The molecule has 0 radical (unpaired) electrons. The van der Waals surface area contributed by atoms with Gasteiger partial charge in [-0.3, -0.25) is 9.69 Å². The van der Waals surface area contributed by atoms with E-state index in [4.69, 9.17) is 4.74 Å². The molecule has 1 heterocycles. The number of benzene rings is 1. The lowest BCUT2D eigenvalue weighted by Gasteiger charge is -2.40. The summed E-state index contributed by atoms with van der Waals surface area (Å²) in [5.74, 6) is -1.15. The third-order valence-electron chi connectivity index (χ3n) is 3.71. The Labute approximate surface area is 135 Å². The number of aldehydes is 1. The molecule has 1 aliphatic heterocycles. The third kappa shape index (κ3) is 3.52. The van der Waals surface area contributed by atoms with Gasteiger partial charge in [0.2, 0.25) is 0 Å². The van der Waals surface area contributed by atoms with Crippen molar-refractivity contribution >= 4 is 18.3 Å². The van der Waals surface area contributed by atoms with Gasteiger partial charge in [0.1, 0.15) is 11.9 Å². The van der Waals surface area contributed by atoms with E-state index in [1.807, 2.05) is 0 Å². The molecule has 0 bridgehead atoms. The molecule has 2 atom stereocenters. The van der Waals surface area contributed by atoms with Gasteiger partial charge in [-0.25, -0.2) is 9.59 Å². The maximum atomic E-state index is 12.5. The van der Waals surface area contributed by atoms with Gasteiger partial charge in [0.15, 0.2) is 6.04 Å². The highest BCUT2D eigenvalue weighted by atomic mass is 16.6. The predicted octanol–water partition coefficient (Wildman–Crippen LogP) is 2.81. The number of carbonyl (C=O) groups excluding carboxylic acids is 2. The quantitative estimate of drug-likeness (QED) is 0.847. The molecule has 2 rings (SSSR count). The van der Waals surface area contributed by atoms with Crippen LogP contribution in [0.1, 0.15) is 55.2 Å². The smallest absolute Gasteiger partial charge is 0.411 e. The number of hydrogen-bond donors (Lipinski definition) is 1. The first-order valence-electron chi connectivity index (χ1n) is 7.46. The average molecular weight is 319 g/mol. The first-order valence-corrected chi connectivity index (χ1v) is 7.46. The second-order valence-corrected chi connectivity index (χ2v) is 6.76. The van der Waals surface area contributed by atoms with Gasteiger partial charge in [-0.15, -0.1) is 0 Å². The maximum absolute atomic E-state index is 12.5. The fourth-order valence-electron chi connectivity index (χ4n) is 2.80. The van der Waals surface area contributed by atoms with E-state index in [1.165, 1.54) is 11.0 Å². The summed E-state index contributed by atoms with van der Waals surface area (Å²) in [5.41, 5.74) is 0.958. The number of amides is 1. The number of carboxylic acid groups (broad SMARTS) is 1. The van der Waals surface area contributed by atoms with E-state index >= 15 is 0 Å². The highest BCUT2D eigenvalue weighted by Crippen LogP contribution is 2.35. The van der Waals surface area contributed by atoms with Crippen LogP contribution in [0.4, 0.5) is 4.79 Å². The number of rotatable bonds is 2. The molecule has 6 heteroatoms. The van der Waals surface area contributed by atoms with E-state index in [2.05, 4.69) is 0 Å². The van der Waals surface area contributed by atoms with Crippen LogP contribution in [0.3, 0.4) is 0 Å². The first kappa shape index (κ1) is 17.0. The van der Waals surface area contributed by atoms with Gasteiger partial charge in [-0.2, -0.15) is 0 Å². The van der Waals surface area contributed by atoms with Crippen LogP contribution in [0.2, 0.25) is 0 Å². The van der Waals surface area contributed by atoms with Gasteiger partial charge in [0.05, 0.1) is 0 Å². The van der Waals surface area contributed by atoms with Crippen LogP contribution in [-0.4, -0.2) is 40.0 Å². The highest BCUT2D eigenvalue weighted by Gasteiger charge is 2.41. The van der Waals surface area contributed by atoms with Crippen molar-refractivity contribution in [3.63, 3.8) is 0 Å². The third-order valence-corrected chi connectivity index (χ3v) is 3.71. The minimum absolute atomic E-state index is 0.319. The summed E-state index contributed by atoms with van der Waals surface area (Å²) in [4.78, 5) is 36.5. The van der Waals surface area contributed by atoms with E-state index in [1.54, 1.807) is 39.8 Å². The summed E-state index contributed by atoms with van der Waals surface area (Å²) in [6, 6.07) is 3.45. The van der Waals surface area contributed by atoms with Crippen molar-refractivity contribution in [1.29, 1.82) is 0 Å². The van der Waals surface area contributed by atoms with Crippen molar-refractivity contribution in [2.24, 2.45) is 0 Å². The molecule has 0 spiro atoms. The number of ether oxygens (including phenoxy) is 1. The van der Waals surface area contributed by atoms with Crippen molar-refractivity contribution in [3.05, 3.63) is 34.9 Å². The molecule has 1 aromatic carbocycles. The van der Waals surface area contributed by atoms with Crippen LogP contribution >= 0.6 is 0 Å². The molecule has 1 aliphatic rings. The highest BCUT2D eigenvalue weighted by molar-refractivity contribution is 5.84. The molecule has 1 unspecified atom stereocenters. The number of aliphatic carboxylic acids is 1. The van der Waals surface area contributed by atoms with E-state index in [0.29, 0.717) is 23.8 Å². The van der Waals surface area contributed by atoms with Crippen molar-refractivity contribution < 1.29 is 24.2 Å². The van der Waals surface area contributed by atoms with Gasteiger partial charge in [-0.1, -0.05) is 12.1 Å². The topological polar surface area (TPSA) is 83.9 Å². The summed E-state index contributed by atoms with van der Waals surface area (Å²) >= 11 is 0. The van der Waals surface area contributed by atoms with Crippen LogP contribution in [0.25, 0.3) is 0 Å². The molecule has 1 amide bonds. The molecule has 6 nitrogen and oxygen atoms in total. The first-order chi connectivity index (χ1) is 10.6. The number of carboxylic acids is 1. The summed E-state index contributed by atoms with van der Waals surface area (Å²) in [6.07, 6.45) is 0.506. The molecule has 0 saturated heterocycles. The largest absolute Gasteiger partial charge is 0.479 e. The minimum Gasteiger partial charge on any atom is -0.479 e. The number of fused-ring (bicyclic) bond motifs is 1. The maximum Gasteiger partial charge on any atom is 0.411 e. The number of nitrogens with zero attached hydrogens (tertiary/aromatic N) is 1. The fourth-order valence-corrected chi connectivity index (χ4v) is 2.80. The zero-order valence-corrected chi connectivity index (χ0v) is 13.7. The van der Waals surface area contributed by atoms with E-state index in [9.17, 15) is 19.5 Å². The summed E-state index contributed by atoms with van der Waals surface area (Å²) in [5, 5.41) is 9.65. The lowest BCUT2D eigenvalue weighted by molar-refractivity contribution is -0.144. The molecule has 0 aliphatic carbocycles. The molecular weight excluding hydrogens is 298 g/mol. The minimum atomic E-state index is -1.16. The van der Waals surface area contributed by atoms with Gasteiger partial charge >= 0.3 is 12.1 Å². The Bertz CT molecular complexity index is 647. The average Bonchev–Trinajstić information content (AvgIpc) is 2.43. The fraction of sp³-hybridized carbons (Fsp3) is 0.471. The SMILES string of the molecule is C[C@H]1Cc2ccc(C=O)cc2C(C(=O)O)N1C(=O)OC(C)(C)C. The Morgan fingerprint density at radius 2 is 2.00 bits per heavy atom. The van der Waals surface area contributed by atoms with E-state index in [0.717, 1.165) is 5.56 Å². The van der Waals surface area contributed by atoms with Gasteiger partial charge in [0.25, 0.3) is 0 Å². The molecule has 0 aromatic heterocycles. The zero-order chi connectivity index (χ0) is 17.4. The van der Waals surface area contributed by atoms with Crippen LogP contribution in [-0.2, 0) is 16.0 Å². The van der Waals surface area contributed by atoms with E-state index < -0.39 is 23.7 Å². The van der Waals surface area contributed by atoms with Crippen molar-refractivity contribution in [3.8, 4) is 0 Å². The second kappa shape index (κ2) is 6.02. The van der Waals surface area contributed by atoms with E-state index in [-0.39, 0.29) is 6.04 Å². The predicted molar refractivity (Wildman–Crippen MR) is 83.4 cm³/mol. The van der Waals surface area contributed by atoms with Gasteiger partial charge in [0, 0.05) is 11.6 Å².